The number of hydrogen-bond donors (Lipinski definition) is 0. The van der Waals surface area contributed by atoms with E-state index >= 15 is 0 Å². The van der Waals surface area contributed by atoms with Gasteiger partial charge in [-0.15, -0.1) is 10.2 Å². The summed E-state index contributed by atoms with van der Waals surface area (Å²) in [4.78, 5) is 27.3. The van der Waals surface area contributed by atoms with Crippen LogP contribution in [0.2, 0.25) is 5.02 Å². The molecule has 0 aliphatic carbocycles. The molecule has 0 N–H and O–H groups in total. The van der Waals surface area contributed by atoms with Crippen LogP contribution in [-0.2, 0) is 0 Å². The maximum atomic E-state index is 12.8. The molecule has 1 fully saturated rings. The average Bonchev–Trinajstić information content (AvgIpc) is 2.79. The lowest BCUT2D eigenvalue weighted by molar-refractivity contribution is -0.385. The first-order chi connectivity index (χ1) is 14.9. The normalized spacial score (nSPS) is 13.9. The van der Waals surface area contributed by atoms with E-state index in [9.17, 15) is 14.9 Å². The molecule has 1 amide bonds. The van der Waals surface area contributed by atoms with Gasteiger partial charge >= 0.3 is 0 Å². The van der Waals surface area contributed by atoms with Crippen LogP contribution in [0.3, 0.4) is 0 Å². The predicted molar refractivity (Wildman–Crippen MR) is 118 cm³/mol. The van der Waals surface area contributed by atoms with E-state index < -0.39 is 4.92 Å². The molecule has 31 heavy (non-hydrogen) atoms. The fraction of sp³-hybridized carbons (Fsp3) is 0.227. The van der Waals surface area contributed by atoms with Crippen molar-refractivity contribution in [2.75, 3.05) is 31.1 Å². The monoisotopic (exact) mass is 437 g/mol. The van der Waals surface area contributed by atoms with E-state index in [2.05, 4.69) is 15.1 Å². The number of aryl methyl sites for hydroxylation is 1. The number of aromatic nitrogens is 2. The highest BCUT2D eigenvalue weighted by molar-refractivity contribution is 6.33. The van der Waals surface area contributed by atoms with E-state index in [0.29, 0.717) is 48.0 Å². The number of carbonyl (C=O) groups is 1. The Labute approximate surface area is 184 Å². The zero-order valence-electron chi connectivity index (χ0n) is 16.9. The molecule has 2 aromatic carbocycles. The Kier molecular flexibility index (Phi) is 5.81. The van der Waals surface area contributed by atoms with E-state index in [0.717, 1.165) is 11.4 Å². The molecular formula is C22H20ClN5O3. The van der Waals surface area contributed by atoms with Crippen LogP contribution in [0.4, 0.5) is 11.5 Å². The second-order valence-corrected chi connectivity index (χ2v) is 7.70. The highest BCUT2D eigenvalue weighted by Gasteiger charge is 2.25. The number of halogens is 1. The summed E-state index contributed by atoms with van der Waals surface area (Å²) in [5.74, 6) is 0.525. The van der Waals surface area contributed by atoms with Crippen LogP contribution in [0.15, 0.2) is 54.6 Å². The molecule has 0 bridgehead atoms. The van der Waals surface area contributed by atoms with Crippen LogP contribution >= 0.6 is 11.6 Å². The van der Waals surface area contributed by atoms with Crippen LogP contribution in [-0.4, -0.2) is 52.1 Å². The predicted octanol–water partition coefficient (Wildman–Crippen LogP) is 3.98. The molecule has 4 rings (SSSR count). The minimum absolute atomic E-state index is 0.0432. The lowest BCUT2D eigenvalue weighted by atomic mass is 10.1. The molecule has 9 heteroatoms. The van der Waals surface area contributed by atoms with Gasteiger partial charge in [-0.1, -0.05) is 35.9 Å². The van der Waals surface area contributed by atoms with Crippen LogP contribution in [0, 0.1) is 17.0 Å². The minimum atomic E-state index is -0.463. The van der Waals surface area contributed by atoms with Crippen molar-refractivity contribution in [2.45, 2.75) is 6.92 Å². The van der Waals surface area contributed by atoms with E-state index in [1.807, 2.05) is 36.4 Å². The standard InChI is InChI=1S/C22H20ClN5O3/c1-15-6-7-16(14-20(15)28(30)31)22(29)27-12-10-26(11-13-27)21-9-8-19(24-25-21)17-4-2-3-5-18(17)23/h2-9,14H,10-13H2,1H3. The van der Waals surface area contributed by atoms with Gasteiger partial charge in [0.05, 0.1) is 15.6 Å². The van der Waals surface area contributed by atoms with Crippen molar-refractivity contribution >= 4 is 29.0 Å². The molecule has 2 heterocycles. The number of benzene rings is 2. The minimum Gasteiger partial charge on any atom is -0.352 e. The average molecular weight is 438 g/mol. The number of nitro benzene ring substituents is 1. The van der Waals surface area contributed by atoms with E-state index in [1.54, 1.807) is 24.0 Å². The molecule has 0 atom stereocenters. The van der Waals surface area contributed by atoms with Gasteiger partial charge in [0, 0.05) is 48.9 Å². The summed E-state index contributed by atoms with van der Waals surface area (Å²) in [7, 11) is 0. The van der Waals surface area contributed by atoms with Crippen molar-refractivity contribution in [1.29, 1.82) is 0 Å². The second-order valence-electron chi connectivity index (χ2n) is 7.29. The maximum Gasteiger partial charge on any atom is 0.273 e. The topological polar surface area (TPSA) is 92.5 Å². The van der Waals surface area contributed by atoms with Crippen LogP contribution in [0.1, 0.15) is 15.9 Å². The lowest BCUT2D eigenvalue weighted by Crippen LogP contribution is -2.49. The summed E-state index contributed by atoms with van der Waals surface area (Å²) >= 11 is 6.23. The second kappa shape index (κ2) is 8.69. The van der Waals surface area contributed by atoms with Gasteiger partial charge in [0.25, 0.3) is 11.6 Å². The number of nitro groups is 1. The summed E-state index contributed by atoms with van der Waals surface area (Å²) in [6.07, 6.45) is 0. The van der Waals surface area contributed by atoms with Crippen molar-refractivity contribution < 1.29 is 9.72 Å². The highest BCUT2D eigenvalue weighted by Crippen LogP contribution is 2.26. The Morgan fingerprint density at radius 2 is 1.77 bits per heavy atom. The molecule has 1 aliphatic rings. The summed E-state index contributed by atoms with van der Waals surface area (Å²) < 4.78 is 0. The molecule has 0 saturated carbocycles. The molecule has 1 aliphatic heterocycles. The van der Waals surface area contributed by atoms with Crippen LogP contribution in [0.5, 0.6) is 0 Å². The zero-order chi connectivity index (χ0) is 22.0. The Morgan fingerprint density at radius 1 is 1.03 bits per heavy atom. The number of piperazine rings is 1. The Balaban J connectivity index is 1.42. The summed E-state index contributed by atoms with van der Waals surface area (Å²) in [6.45, 7) is 3.84. The van der Waals surface area contributed by atoms with Crippen molar-refractivity contribution in [3.05, 3.63) is 80.9 Å². The fourth-order valence-corrected chi connectivity index (χ4v) is 3.80. The third-order valence-corrected chi connectivity index (χ3v) is 5.67. The smallest absolute Gasteiger partial charge is 0.273 e. The van der Waals surface area contributed by atoms with Gasteiger partial charge in [-0.3, -0.25) is 14.9 Å². The zero-order valence-corrected chi connectivity index (χ0v) is 17.6. The molecule has 3 aromatic rings. The first-order valence-electron chi connectivity index (χ1n) is 9.82. The molecule has 1 aromatic heterocycles. The molecular weight excluding hydrogens is 418 g/mol. The van der Waals surface area contributed by atoms with Crippen molar-refractivity contribution in [3.63, 3.8) is 0 Å². The number of carbonyl (C=O) groups excluding carboxylic acids is 1. The van der Waals surface area contributed by atoms with Crippen LogP contribution < -0.4 is 4.90 Å². The van der Waals surface area contributed by atoms with Gasteiger partial charge in [-0.25, -0.2) is 0 Å². The van der Waals surface area contributed by atoms with E-state index in [4.69, 9.17) is 11.6 Å². The lowest BCUT2D eigenvalue weighted by Gasteiger charge is -2.35. The maximum absolute atomic E-state index is 12.8. The summed E-state index contributed by atoms with van der Waals surface area (Å²) in [5.41, 5.74) is 2.34. The van der Waals surface area contributed by atoms with Crippen molar-refractivity contribution in [3.8, 4) is 11.3 Å². The number of anilines is 1. The van der Waals surface area contributed by atoms with Crippen LogP contribution in [0.25, 0.3) is 11.3 Å². The van der Waals surface area contributed by atoms with Gasteiger partial charge in [-0.2, -0.15) is 0 Å². The molecule has 158 valence electrons. The molecule has 8 nitrogen and oxygen atoms in total. The van der Waals surface area contributed by atoms with E-state index in [-0.39, 0.29) is 11.6 Å². The SMILES string of the molecule is Cc1ccc(C(=O)N2CCN(c3ccc(-c4ccccc4Cl)nn3)CC2)cc1[N+](=O)[O-]. The Bertz CT molecular complexity index is 1130. The van der Waals surface area contributed by atoms with E-state index in [1.165, 1.54) is 6.07 Å². The first-order valence-corrected chi connectivity index (χ1v) is 10.2. The van der Waals surface area contributed by atoms with Crippen molar-refractivity contribution in [2.24, 2.45) is 0 Å². The number of amides is 1. The highest BCUT2D eigenvalue weighted by atomic mass is 35.5. The number of rotatable bonds is 4. The molecule has 0 unspecified atom stereocenters. The summed E-state index contributed by atoms with van der Waals surface area (Å²) in [5, 5.41) is 20.4. The quantitative estimate of drug-likeness (QED) is 0.453. The van der Waals surface area contributed by atoms with Gasteiger partial charge in [0.2, 0.25) is 0 Å². The largest absolute Gasteiger partial charge is 0.352 e. The Hall–Kier alpha value is -3.52. The molecule has 0 radical (unpaired) electrons. The fourth-order valence-electron chi connectivity index (χ4n) is 3.57. The van der Waals surface area contributed by atoms with Crippen molar-refractivity contribution in [1.82, 2.24) is 15.1 Å². The third kappa shape index (κ3) is 4.34. The van der Waals surface area contributed by atoms with Gasteiger partial charge in [0.1, 0.15) is 0 Å². The third-order valence-electron chi connectivity index (χ3n) is 5.34. The molecule has 0 spiro atoms. The summed E-state index contributed by atoms with van der Waals surface area (Å²) in [6, 6.07) is 15.8. The van der Waals surface area contributed by atoms with Gasteiger partial charge in [0.15, 0.2) is 5.82 Å². The molecule has 1 saturated heterocycles. The Morgan fingerprint density at radius 3 is 2.42 bits per heavy atom. The van der Waals surface area contributed by atoms with Gasteiger partial charge < -0.3 is 9.80 Å². The number of hydrogen-bond acceptors (Lipinski definition) is 6. The number of nitrogens with zero attached hydrogens (tertiary/aromatic N) is 5. The first kappa shape index (κ1) is 20.7. The van der Waals surface area contributed by atoms with Gasteiger partial charge in [-0.05, 0) is 31.2 Å².